The molecule has 1 aromatic rings. The minimum Gasteiger partial charge on any atom is -0.389 e. The summed E-state index contributed by atoms with van der Waals surface area (Å²) < 4.78 is 0. The second-order valence-electron chi connectivity index (χ2n) is 3.67. The van der Waals surface area contributed by atoms with Crippen molar-refractivity contribution >= 4 is 17.9 Å². The van der Waals surface area contributed by atoms with E-state index in [1.54, 1.807) is 19.1 Å². The first kappa shape index (κ1) is 11.2. The Morgan fingerprint density at radius 1 is 1.57 bits per heavy atom. The fourth-order valence-corrected chi connectivity index (χ4v) is 1.55. The van der Waals surface area contributed by atoms with Crippen LogP contribution in [0.4, 0.5) is 0 Å². The van der Waals surface area contributed by atoms with E-state index in [4.69, 9.17) is 11.6 Å². The molecule has 0 spiro atoms. The predicted molar refractivity (Wildman–Crippen MR) is 56.5 cm³/mol. The monoisotopic (exact) mass is 212 g/mol. The fraction of sp³-hybridized carbons (Fsp3) is 0.364. The molecule has 3 heteroatoms. The zero-order chi connectivity index (χ0) is 10.6. The molecule has 0 aliphatic carbocycles. The molecule has 0 fully saturated rings. The summed E-state index contributed by atoms with van der Waals surface area (Å²) in [4.78, 5) is 10.3. The number of benzene rings is 1. The van der Waals surface area contributed by atoms with Crippen LogP contribution in [-0.4, -0.2) is 17.0 Å². The SMILES string of the molecule is CC(O)(CC=O)Cc1cccc(Cl)c1. The summed E-state index contributed by atoms with van der Waals surface area (Å²) in [6.45, 7) is 1.64. The van der Waals surface area contributed by atoms with E-state index in [1.165, 1.54) is 0 Å². The predicted octanol–water partition coefficient (Wildman–Crippen LogP) is 2.22. The molecule has 76 valence electrons. The average Bonchev–Trinajstić information content (AvgIpc) is 2.02. The first-order chi connectivity index (χ1) is 6.53. The number of carbonyl (C=O) groups excluding carboxylic acids is 1. The van der Waals surface area contributed by atoms with E-state index in [-0.39, 0.29) is 6.42 Å². The van der Waals surface area contributed by atoms with Crippen LogP contribution >= 0.6 is 11.6 Å². The highest BCUT2D eigenvalue weighted by Gasteiger charge is 2.20. The molecule has 0 radical (unpaired) electrons. The van der Waals surface area contributed by atoms with Gasteiger partial charge in [0.15, 0.2) is 0 Å². The molecule has 0 aliphatic rings. The van der Waals surface area contributed by atoms with Crippen LogP contribution in [0.3, 0.4) is 0 Å². The maximum Gasteiger partial charge on any atom is 0.122 e. The minimum absolute atomic E-state index is 0.138. The Balaban J connectivity index is 2.72. The van der Waals surface area contributed by atoms with Gasteiger partial charge in [-0.2, -0.15) is 0 Å². The van der Waals surface area contributed by atoms with Gasteiger partial charge in [0.1, 0.15) is 6.29 Å². The summed E-state index contributed by atoms with van der Waals surface area (Å²) >= 11 is 5.80. The largest absolute Gasteiger partial charge is 0.389 e. The lowest BCUT2D eigenvalue weighted by molar-refractivity contribution is -0.111. The van der Waals surface area contributed by atoms with Crippen molar-refractivity contribution in [2.75, 3.05) is 0 Å². The van der Waals surface area contributed by atoms with Gasteiger partial charge in [-0.3, -0.25) is 0 Å². The van der Waals surface area contributed by atoms with Gasteiger partial charge >= 0.3 is 0 Å². The van der Waals surface area contributed by atoms with Crippen molar-refractivity contribution < 1.29 is 9.90 Å². The number of hydrogen-bond acceptors (Lipinski definition) is 2. The van der Waals surface area contributed by atoms with E-state index in [9.17, 15) is 9.90 Å². The van der Waals surface area contributed by atoms with Crippen molar-refractivity contribution in [3.63, 3.8) is 0 Å². The van der Waals surface area contributed by atoms with Gasteiger partial charge in [0, 0.05) is 17.9 Å². The molecule has 1 N–H and O–H groups in total. The molecular weight excluding hydrogens is 200 g/mol. The second-order valence-corrected chi connectivity index (χ2v) is 4.11. The lowest BCUT2D eigenvalue weighted by Crippen LogP contribution is -2.27. The van der Waals surface area contributed by atoms with Crippen molar-refractivity contribution in [2.24, 2.45) is 0 Å². The number of rotatable bonds is 4. The maximum absolute atomic E-state index is 10.3. The average molecular weight is 213 g/mol. The van der Waals surface area contributed by atoms with Crippen molar-refractivity contribution in [3.8, 4) is 0 Å². The summed E-state index contributed by atoms with van der Waals surface area (Å²) in [6.07, 6.45) is 1.30. The third-order valence-corrected chi connectivity index (χ3v) is 2.23. The number of hydrogen-bond donors (Lipinski definition) is 1. The molecule has 0 bridgehead atoms. The standard InChI is InChI=1S/C11H13ClO2/c1-11(14,5-6-13)8-9-3-2-4-10(12)7-9/h2-4,6-7,14H,5,8H2,1H3. The quantitative estimate of drug-likeness (QED) is 0.778. The highest BCUT2D eigenvalue weighted by molar-refractivity contribution is 6.30. The molecule has 1 aromatic carbocycles. The molecular formula is C11H13ClO2. The summed E-state index contributed by atoms with van der Waals surface area (Å²) in [7, 11) is 0. The minimum atomic E-state index is -0.980. The molecule has 1 atom stereocenters. The Morgan fingerprint density at radius 3 is 2.86 bits per heavy atom. The number of carbonyl (C=O) groups is 1. The van der Waals surface area contributed by atoms with Gasteiger partial charge in [0.25, 0.3) is 0 Å². The summed E-state index contributed by atoms with van der Waals surface area (Å²) in [5.41, 5.74) is -0.0451. The first-order valence-corrected chi connectivity index (χ1v) is 4.82. The van der Waals surface area contributed by atoms with Crippen LogP contribution < -0.4 is 0 Å². The highest BCUT2D eigenvalue weighted by Crippen LogP contribution is 2.18. The van der Waals surface area contributed by atoms with E-state index in [0.717, 1.165) is 11.8 Å². The highest BCUT2D eigenvalue weighted by atomic mass is 35.5. The van der Waals surface area contributed by atoms with Crippen molar-refractivity contribution in [3.05, 3.63) is 34.9 Å². The number of halogens is 1. The van der Waals surface area contributed by atoms with Crippen molar-refractivity contribution in [1.82, 2.24) is 0 Å². The van der Waals surface area contributed by atoms with Crippen LogP contribution in [0.15, 0.2) is 24.3 Å². The van der Waals surface area contributed by atoms with Crippen LogP contribution in [0.5, 0.6) is 0 Å². The molecule has 2 nitrogen and oxygen atoms in total. The van der Waals surface area contributed by atoms with Crippen LogP contribution in [0.1, 0.15) is 18.9 Å². The third-order valence-electron chi connectivity index (χ3n) is 2.00. The molecule has 0 amide bonds. The Kier molecular flexibility index (Phi) is 3.67. The third kappa shape index (κ3) is 3.48. The topological polar surface area (TPSA) is 37.3 Å². The van der Waals surface area contributed by atoms with Gasteiger partial charge in [0.05, 0.1) is 5.60 Å². The molecule has 1 unspecified atom stereocenters. The van der Waals surface area contributed by atoms with Crippen LogP contribution in [0, 0.1) is 0 Å². The van der Waals surface area contributed by atoms with Gasteiger partial charge in [-0.25, -0.2) is 0 Å². The molecule has 0 saturated heterocycles. The van der Waals surface area contributed by atoms with Gasteiger partial charge in [0.2, 0.25) is 0 Å². The molecule has 14 heavy (non-hydrogen) atoms. The summed E-state index contributed by atoms with van der Waals surface area (Å²) in [5, 5.41) is 10.4. The van der Waals surface area contributed by atoms with E-state index >= 15 is 0 Å². The Morgan fingerprint density at radius 2 is 2.29 bits per heavy atom. The maximum atomic E-state index is 10.3. The van der Waals surface area contributed by atoms with E-state index in [1.807, 2.05) is 12.1 Å². The second kappa shape index (κ2) is 4.58. The van der Waals surface area contributed by atoms with Gasteiger partial charge in [-0.1, -0.05) is 23.7 Å². The normalized spacial score (nSPS) is 14.8. The molecule has 1 rings (SSSR count). The van der Waals surface area contributed by atoms with E-state index in [2.05, 4.69) is 0 Å². The van der Waals surface area contributed by atoms with Gasteiger partial charge in [-0.15, -0.1) is 0 Å². The molecule has 0 heterocycles. The molecule has 0 aliphatic heterocycles. The number of aliphatic hydroxyl groups is 1. The van der Waals surface area contributed by atoms with Crippen LogP contribution in [-0.2, 0) is 11.2 Å². The molecule has 0 aromatic heterocycles. The zero-order valence-corrected chi connectivity index (χ0v) is 8.79. The number of aldehydes is 1. The zero-order valence-electron chi connectivity index (χ0n) is 8.03. The van der Waals surface area contributed by atoms with Gasteiger partial charge < -0.3 is 9.90 Å². The lowest BCUT2D eigenvalue weighted by Gasteiger charge is -2.20. The van der Waals surface area contributed by atoms with E-state index in [0.29, 0.717) is 11.4 Å². The first-order valence-electron chi connectivity index (χ1n) is 4.44. The Bertz CT molecular complexity index is 321. The van der Waals surface area contributed by atoms with Crippen molar-refractivity contribution in [2.45, 2.75) is 25.4 Å². The lowest BCUT2D eigenvalue weighted by atomic mass is 9.94. The Labute approximate surface area is 88.5 Å². The van der Waals surface area contributed by atoms with Gasteiger partial charge in [-0.05, 0) is 24.6 Å². The van der Waals surface area contributed by atoms with Crippen molar-refractivity contribution in [1.29, 1.82) is 0 Å². The van der Waals surface area contributed by atoms with Crippen LogP contribution in [0.2, 0.25) is 5.02 Å². The smallest absolute Gasteiger partial charge is 0.122 e. The molecule has 0 saturated carbocycles. The summed E-state index contributed by atoms with van der Waals surface area (Å²) in [5.74, 6) is 0. The van der Waals surface area contributed by atoms with Crippen LogP contribution in [0.25, 0.3) is 0 Å². The van der Waals surface area contributed by atoms with E-state index < -0.39 is 5.60 Å². The fourth-order valence-electron chi connectivity index (χ4n) is 1.34. The Hall–Kier alpha value is -0.860. The summed E-state index contributed by atoms with van der Waals surface area (Å²) in [6, 6.07) is 7.28.